The van der Waals surface area contributed by atoms with Crippen LogP contribution < -0.4 is 9.47 Å². The van der Waals surface area contributed by atoms with Gasteiger partial charge in [0.25, 0.3) is 11.8 Å². The van der Waals surface area contributed by atoms with Gasteiger partial charge in [-0.05, 0) is 76.5 Å². The van der Waals surface area contributed by atoms with E-state index in [0.717, 1.165) is 21.5 Å². The van der Waals surface area contributed by atoms with Crippen LogP contribution in [0.5, 0.6) is 11.5 Å². The van der Waals surface area contributed by atoms with Crippen LogP contribution in [0.15, 0.2) is 62.6 Å². The first kappa shape index (κ1) is 22.3. The van der Waals surface area contributed by atoms with Gasteiger partial charge in [-0.25, -0.2) is 0 Å². The van der Waals surface area contributed by atoms with Crippen LogP contribution in [0.1, 0.15) is 24.5 Å². The Bertz CT molecular complexity index is 1130. The fourth-order valence-electron chi connectivity index (χ4n) is 4.93. The van der Waals surface area contributed by atoms with Crippen molar-refractivity contribution in [1.82, 2.24) is 5.01 Å². The van der Waals surface area contributed by atoms with Gasteiger partial charge in [-0.2, -0.15) is 10.1 Å². The zero-order valence-electron chi connectivity index (χ0n) is 17.9. The van der Waals surface area contributed by atoms with Crippen LogP contribution in [0.2, 0.25) is 0 Å². The van der Waals surface area contributed by atoms with Crippen LogP contribution in [0.25, 0.3) is 0 Å². The van der Waals surface area contributed by atoms with Gasteiger partial charge >= 0.3 is 0 Å². The van der Waals surface area contributed by atoms with Gasteiger partial charge in [0.1, 0.15) is 6.61 Å². The zero-order chi connectivity index (χ0) is 23.1. The predicted octanol–water partition coefficient (Wildman–Crippen LogP) is 5.33. The Labute approximate surface area is 208 Å². The van der Waals surface area contributed by atoms with Gasteiger partial charge in [0.2, 0.25) is 0 Å². The number of rotatable bonds is 7. The summed E-state index contributed by atoms with van der Waals surface area (Å²) in [6.07, 6.45) is 6.57. The Kier molecular flexibility index (Phi) is 6.14. The summed E-state index contributed by atoms with van der Waals surface area (Å²) in [7, 11) is 0. The van der Waals surface area contributed by atoms with E-state index in [2.05, 4.69) is 49.1 Å². The highest BCUT2D eigenvalue weighted by molar-refractivity contribution is 9.10. The molecule has 1 heterocycles. The minimum absolute atomic E-state index is 0.164. The highest BCUT2D eigenvalue weighted by Crippen LogP contribution is 2.52. The Balaban J connectivity index is 1.34. The first-order valence-corrected chi connectivity index (χ1v) is 12.5. The molecule has 8 heteroatoms. The third kappa shape index (κ3) is 4.15. The topological polar surface area (TPSA) is 68.2 Å². The molecule has 2 aliphatic carbocycles. The van der Waals surface area contributed by atoms with Crippen LogP contribution >= 0.6 is 31.9 Å². The summed E-state index contributed by atoms with van der Waals surface area (Å²) in [6, 6.07) is 11.5. The quantitative estimate of drug-likeness (QED) is 0.255. The standard InChI is InChI=1S/C25H22Br2N2O4/c1-2-32-20-10-15(9-19(27)23(20)33-13-14-3-7-18(26)8-4-14)12-28-29-24(30)21-16-5-6-17(11-16)22(21)25(29)31/h3-10,12,16-17,21-22H,2,11,13H2,1H3/b28-12-/t16-,17-,21-,22-/m0/s1. The van der Waals surface area contributed by atoms with Crippen molar-refractivity contribution < 1.29 is 19.1 Å². The van der Waals surface area contributed by atoms with Crippen molar-refractivity contribution in [1.29, 1.82) is 0 Å². The number of fused-ring (bicyclic) bond motifs is 5. The number of allylic oxidation sites excluding steroid dienone is 2. The summed E-state index contributed by atoms with van der Waals surface area (Å²) in [6.45, 7) is 2.75. The van der Waals surface area contributed by atoms with Crippen LogP contribution in [0.4, 0.5) is 0 Å². The van der Waals surface area contributed by atoms with E-state index in [1.54, 1.807) is 6.07 Å². The average molecular weight is 574 g/mol. The maximum atomic E-state index is 12.8. The van der Waals surface area contributed by atoms with Crippen molar-refractivity contribution in [2.75, 3.05) is 6.61 Å². The van der Waals surface area contributed by atoms with E-state index in [1.807, 2.05) is 37.3 Å². The zero-order valence-corrected chi connectivity index (χ0v) is 21.1. The number of hydrogen-bond acceptors (Lipinski definition) is 5. The molecule has 0 aromatic heterocycles. The molecule has 170 valence electrons. The molecule has 5 rings (SSSR count). The fraction of sp³-hybridized carbons (Fsp3) is 0.320. The van der Waals surface area contributed by atoms with Crippen LogP contribution in [0.3, 0.4) is 0 Å². The molecule has 4 atom stereocenters. The van der Waals surface area contributed by atoms with Crippen LogP contribution in [-0.4, -0.2) is 29.6 Å². The van der Waals surface area contributed by atoms with Gasteiger partial charge in [0, 0.05) is 4.47 Å². The summed E-state index contributed by atoms with van der Waals surface area (Å²) >= 11 is 7.00. The van der Waals surface area contributed by atoms with Gasteiger partial charge in [-0.1, -0.05) is 40.2 Å². The Morgan fingerprint density at radius 1 is 1.03 bits per heavy atom. The molecule has 33 heavy (non-hydrogen) atoms. The van der Waals surface area contributed by atoms with E-state index >= 15 is 0 Å². The van der Waals surface area contributed by atoms with E-state index in [0.29, 0.717) is 34.7 Å². The van der Waals surface area contributed by atoms with Gasteiger partial charge in [0.15, 0.2) is 11.5 Å². The molecule has 6 nitrogen and oxygen atoms in total. The molecule has 0 spiro atoms. The number of hydrogen-bond donors (Lipinski definition) is 0. The van der Waals surface area contributed by atoms with E-state index in [-0.39, 0.29) is 35.5 Å². The number of hydrazone groups is 1. The van der Waals surface area contributed by atoms with Gasteiger partial charge < -0.3 is 9.47 Å². The molecular formula is C25H22Br2N2O4. The van der Waals surface area contributed by atoms with Gasteiger partial charge in [0.05, 0.1) is 29.1 Å². The molecule has 2 aromatic rings. The van der Waals surface area contributed by atoms with Gasteiger partial charge in [-0.3, -0.25) is 9.59 Å². The molecule has 1 saturated carbocycles. The summed E-state index contributed by atoms with van der Waals surface area (Å²) in [4.78, 5) is 25.7. The molecular weight excluding hydrogens is 552 g/mol. The lowest BCUT2D eigenvalue weighted by Crippen LogP contribution is -2.28. The molecule has 2 amide bonds. The number of amides is 2. The number of imide groups is 1. The summed E-state index contributed by atoms with van der Waals surface area (Å²) in [5, 5.41) is 5.32. The third-order valence-electron chi connectivity index (χ3n) is 6.40. The van der Waals surface area contributed by atoms with Crippen molar-refractivity contribution in [3.05, 3.63) is 68.6 Å². The second kappa shape index (κ2) is 9.06. The van der Waals surface area contributed by atoms with E-state index in [1.165, 1.54) is 6.21 Å². The SMILES string of the molecule is CCOc1cc(/C=N\N2C(=O)[C@@H]3[C@@H](C2=O)[C@H]2C=C[C@H]3C2)cc(Br)c1OCc1ccc(Br)cc1. The van der Waals surface area contributed by atoms with Crippen LogP contribution in [-0.2, 0) is 16.2 Å². The van der Waals surface area contributed by atoms with Crippen molar-refractivity contribution in [3.63, 3.8) is 0 Å². The largest absolute Gasteiger partial charge is 0.490 e. The highest BCUT2D eigenvalue weighted by atomic mass is 79.9. The van der Waals surface area contributed by atoms with E-state index in [4.69, 9.17) is 9.47 Å². The second-order valence-corrected chi connectivity index (χ2v) is 10.2. The Hall–Kier alpha value is -2.45. The molecule has 1 aliphatic heterocycles. The lowest BCUT2D eigenvalue weighted by molar-refractivity contribution is -0.140. The first-order chi connectivity index (χ1) is 16.0. The molecule has 2 aromatic carbocycles. The molecule has 2 fully saturated rings. The van der Waals surface area contributed by atoms with Crippen molar-refractivity contribution in [3.8, 4) is 11.5 Å². The molecule has 0 radical (unpaired) electrons. The second-order valence-electron chi connectivity index (χ2n) is 8.41. The normalized spacial score (nSPS) is 25.4. The number of ether oxygens (including phenoxy) is 2. The van der Waals surface area contributed by atoms with Crippen LogP contribution in [0, 0.1) is 23.7 Å². The van der Waals surface area contributed by atoms with E-state index in [9.17, 15) is 9.59 Å². The minimum Gasteiger partial charge on any atom is -0.490 e. The number of halogens is 2. The highest BCUT2D eigenvalue weighted by Gasteiger charge is 2.59. The number of carbonyl (C=O) groups is 2. The van der Waals surface area contributed by atoms with Crippen molar-refractivity contribution in [2.45, 2.75) is 20.0 Å². The average Bonchev–Trinajstić information content (AvgIpc) is 3.47. The predicted molar refractivity (Wildman–Crippen MR) is 131 cm³/mol. The summed E-state index contributed by atoms with van der Waals surface area (Å²) in [5.41, 5.74) is 1.72. The molecule has 3 aliphatic rings. The maximum absolute atomic E-state index is 12.8. The molecule has 2 bridgehead atoms. The fourth-order valence-corrected chi connectivity index (χ4v) is 5.76. The summed E-state index contributed by atoms with van der Waals surface area (Å²) < 4.78 is 13.5. The number of benzene rings is 2. The first-order valence-electron chi connectivity index (χ1n) is 10.9. The number of nitrogens with zero attached hydrogens (tertiary/aromatic N) is 2. The minimum atomic E-state index is -0.259. The summed E-state index contributed by atoms with van der Waals surface area (Å²) in [5.74, 6) is 0.559. The third-order valence-corrected chi connectivity index (χ3v) is 7.52. The van der Waals surface area contributed by atoms with E-state index < -0.39 is 0 Å². The monoisotopic (exact) mass is 572 g/mol. The molecule has 1 saturated heterocycles. The smallest absolute Gasteiger partial charge is 0.254 e. The van der Waals surface area contributed by atoms with Crippen molar-refractivity contribution >= 4 is 49.9 Å². The van der Waals surface area contributed by atoms with Crippen molar-refractivity contribution in [2.24, 2.45) is 28.8 Å². The Morgan fingerprint density at radius 3 is 2.33 bits per heavy atom. The number of carbonyl (C=O) groups excluding carboxylic acids is 2. The maximum Gasteiger partial charge on any atom is 0.254 e. The lowest BCUT2D eigenvalue weighted by Gasteiger charge is -2.15. The Morgan fingerprint density at radius 2 is 1.70 bits per heavy atom. The lowest BCUT2D eigenvalue weighted by atomic mass is 9.85. The molecule has 0 unspecified atom stereocenters. The van der Waals surface area contributed by atoms with Gasteiger partial charge in [-0.15, -0.1) is 0 Å². The molecule has 0 N–H and O–H groups in total.